The Morgan fingerprint density at radius 2 is 1.33 bits per heavy atom. The van der Waals surface area contributed by atoms with Gasteiger partial charge in [-0.05, 0) is 66.1 Å². The topological polar surface area (TPSA) is 200 Å². The first-order valence-electron chi connectivity index (χ1n) is 12.8. The summed E-state index contributed by atoms with van der Waals surface area (Å²) < 4.78 is 25.9. The van der Waals surface area contributed by atoms with Crippen molar-refractivity contribution in [1.29, 1.82) is 5.41 Å². The lowest BCUT2D eigenvalue weighted by Gasteiger charge is -2.16. The lowest BCUT2D eigenvalue weighted by atomic mass is 9.93. The number of amidine groups is 1. The molecule has 4 aromatic carbocycles. The average molecular weight is 603 g/mol. The summed E-state index contributed by atoms with van der Waals surface area (Å²) in [5.74, 6) is -2.15. The van der Waals surface area contributed by atoms with Crippen molar-refractivity contribution in [2.45, 2.75) is 13.0 Å². The minimum Gasteiger partial charge on any atom is -0.478 e. The Morgan fingerprint density at radius 3 is 1.91 bits per heavy atom. The Labute approximate surface area is 248 Å². The fourth-order valence-corrected chi connectivity index (χ4v) is 4.05. The van der Waals surface area contributed by atoms with Gasteiger partial charge >= 0.3 is 5.97 Å². The number of carboxylic acids is 1. The SMILES string of the molecule is CC(NC(=O)c1ccc(-c2ccccc2C(=O)Nc2ccc(C(=N)N)cc2)c(C(=O)O)c1)c1ccccc1.CS(=O)(=O)O. The van der Waals surface area contributed by atoms with Crippen LogP contribution in [0.1, 0.15) is 55.2 Å². The van der Waals surface area contributed by atoms with Crippen molar-refractivity contribution in [3.8, 4) is 11.1 Å². The molecule has 0 radical (unpaired) electrons. The summed E-state index contributed by atoms with van der Waals surface area (Å²) in [7, 11) is -3.67. The third-order valence-corrected chi connectivity index (χ3v) is 6.07. The zero-order chi connectivity index (χ0) is 31.7. The number of rotatable bonds is 8. The molecule has 7 N–H and O–H groups in total. The molecule has 2 amide bonds. The predicted octanol–water partition coefficient (Wildman–Crippen LogP) is 4.58. The maximum Gasteiger partial charge on any atom is 0.336 e. The van der Waals surface area contributed by atoms with Crippen LogP contribution in [0.3, 0.4) is 0 Å². The van der Waals surface area contributed by atoms with E-state index in [0.29, 0.717) is 28.6 Å². The number of carboxylic acid groups (broad SMARTS) is 1. The molecule has 0 aromatic heterocycles. The monoisotopic (exact) mass is 602 g/mol. The normalized spacial score (nSPS) is 11.3. The summed E-state index contributed by atoms with van der Waals surface area (Å²) in [6, 6.07) is 26.7. The fourth-order valence-electron chi connectivity index (χ4n) is 4.05. The van der Waals surface area contributed by atoms with Crippen molar-refractivity contribution in [1.82, 2.24) is 5.32 Å². The summed E-state index contributed by atoms with van der Waals surface area (Å²) in [5, 5.41) is 23.1. The van der Waals surface area contributed by atoms with E-state index in [1.54, 1.807) is 60.7 Å². The first-order valence-corrected chi connectivity index (χ1v) is 14.6. The third kappa shape index (κ3) is 9.35. The van der Waals surface area contributed by atoms with Crippen molar-refractivity contribution in [2.24, 2.45) is 5.73 Å². The largest absolute Gasteiger partial charge is 0.478 e. The second kappa shape index (κ2) is 14.0. The van der Waals surface area contributed by atoms with Crippen LogP contribution in [-0.4, -0.2) is 48.0 Å². The number of hydrogen-bond acceptors (Lipinski definition) is 6. The number of carbonyl (C=O) groups is 3. The van der Waals surface area contributed by atoms with E-state index in [1.165, 1.54) is 6.07 Å². The number of nitrogens with one attached hydrogen (secondary N) is 3. The van der Waals surface area contributed by atoms with Gasteiger partial charge in [-0.2, -0.15) is 8.42 Å². The molecular weight excluding hydrogens is 572 g/mol. The summed E-state index contributed by atoms with van der Waals surface area (Å²) in [6.45, 7) is 1.85. The van der Waals surface area contributed by atoms with E-state index in [1.807, 2.05) is 37.3 Å². The van der Waals surface area contributed by atoms with Crippen LogP contribution in [0.5, 0.6) is 0 Å². The molecule has 0 fully saturated rings. The van der Waals surface area contributed by atoms with Gasteiger partial charge in [0, 0.05) is 22.4 Å². The molecule has 0 heterocycles. The fraction of sp³-hybridized carbons (Fsp3) is 0.0968. The lowest BCUT2D eigenvalue weighted by Crippen LogP contribution is -2.26. The van der Waals surface area contributed by atoms with Gasteiger partial charge in [0.25, 0.3) is 21.9 Å². The van der Waals surface area contributed by atoms with Crippen molar-refractivity contribution >= 4 is 39.4 Å². The highest BCUT2D eigenvalue weighted by Crippen LogP contribution is 2.29. The van der Waals surface area contributed by atoms with E-state index in [0.717, 1.165) is 5.56 Å². The van der Waals surface area contributed by atoms with Gasteiger partial charge < -0.3 is 21.5 Å². The van der Waals surface area contributed by atoms with Crippen molar-refractivity contribution in [3.63, 3.8) is 0 Å². The Hall–Kier alpha value is -5.33. The highest BCUT2D eigenvalue weighted by molar-refractivity contribution is 7.85. The molecule has 12 heteroatoms. The van der Waals surface area contributed by atoms with E-state index >= 15 is 0 Å². The van der Waals surface area contributed by atoms with Crippen LogP contribution in [-0.2, 0) is 10.1 Å². The number of nitrogens with two attached hydrogens (primary N) is 1. The summed E-state index contributed by atoms with van der Waals surface area (Å²) >= 11 is 0. The van der Waals surface area contributed by atoms with Crippen LogP contribution in [0.2, 0.25) is 0 Å². The van der Waals surface area contributed by atoms with Crippen LogP contribution in [0, 0.1) is 5.41 Å². The summed E-state index contributed by atoms with van der Waals surface area (Å²) in [5.41, 5.74) is 8.50. The molecule has 43 heavy (non-hydrogen) atoms. The van der Waals surface area contributed by atoms with Gasteiger partial charge in [-0.25, -0.2) is 4.79 Å². The highest BCUT2D eigenvalue weighted by Gasteiger charge is 2.21. The van der Waals surface area contributed by atoms with Gasteiger partial charge in [0.2, 0.25) is 0 Å². The predicted molar refractivity (Wildman–Crippen MR) is 164 cm³/mol. The van der Waals surface area contributed by atoms with E-state index in [-0.39, 0.29) is 28.6 Å². The number of anilines is 1. The summed E-state index contributed by atoms with van der Waals surface area (Å²) in [6.07, 6.45) is 0.715. The van der Waals surface area contributed by atoms with E-state index in [2.05, 4.69) is 10.6 Å². The van der Waals surface area contributed by atoms with E-state index < -0.39 is 27.9 Å². The van der Waals surface area contributed by atoms with Gasteiger partial charge in [-0.1, -0.05) is 54.6 Å². The molecular formula is C31H30N4O7S. The summed E-state index contributed by atoms with van der Waals surface area (Å²) in [4.78, 5) is 38.3. The number of benzene rings is 4. The minimum absolute atomic E-state index is 0.0823. The molecule has 4 aromatic rings. The molecule has 1 atom stereocenters. The molecule has 0 aliphatic carbocycles. The number of hydrogen-bond donors (Lipinski definition) is 6. The number of aromatic carboxylic acids is 1. The number of carbonyl (C=O) groups excluding carboxylic acids is 2. The Morgan fingerprint density at radius 1 is 0.791 bits per heavy atom. The Kier molecular flexibility index (Phi) is 10.5. The first kappa shape index (κ1) is 32.2. The van der Waals surface area contributed by atoms with E-state index in [9.17, 15) is 27.9 Å². The average Bonchev–Trinajstić information content (AvgIpc) is 2.96. The zero-order valence-corrected chi connectivity index (χ0v) is 24.1. The maximum atomic E-state index is 13.1. The second-order valence-electron chi connectivity index (χ2n) is 9.40. The molecule has 0 aliphatic heterocycles. The van der Waals surface area contributed by atoms with Gasteiger partial charge in [-0.15, -0.1) is 0 Å². The Bertz CT molecular complexity index is 1750. The van der Waals surface area contributed by atoms with Crippen LogP contribution >= 0.6 is 0 Å². The minimum atomic E-state index is -3.67. The van der Waals surface area contributed by atoms with Crippen LogP contribution in [0.4, 0.5) is 5.69 Å². The van der Waals surface area contributed by atoms with Crippen LogP contribution in [0.15, 0.2) is 97.1 Å². The smallest absolute Gasteiger partial charge is 0.336 e. The molecule has 1 unspecified atom stereocenters. The molecule has 0 bridgehead atoms. The van der Waals surface area contributed by atoms with E-state index in [4.69, 9.17) is 15.7 Å². The molecule has 4 rings (SSSR count). The molecule has 0 saturated heterocycles. The van der Waals surface area contributed by atoms with Gasteiger partial charge in [0.15, 0.2) is 0 Å². The van der Waals surface area contributed by atoms with Gasteiger partial charge in [-0.3, -0.25) is 19.6 Å². The standard InChI is InChI=1S/C30H26N4O4.CH4O3S/c1-18(19-7-3-2-4-8-19)33-28(35)21-13-16-24(26(17-21)30(37)38)23-9-5-6-10-25(23)29(36)34-22-14-11-20(12-15-22)27(31)32;1-5(2,3)4/h2-18H,1H3,(H3,31,32)(H,33,35)(H,34,36)(H,37,38);1H3,(H,2,3,4). The van der Waals surface area contributed by atoms with Crippen LogP contribution < -0.4 is 16.4 Å². The van der Waals surface area contributed by atoms with Gasteiger partial charge in [0.05, 0.1) is 17.9 Å². The zero-order valence-electron chi connectivity index (χ0n) is 23.2. The maximum absolute atomic E-state index is 13.1. The van der Waals surface area contributed by atoms with Crippen molar-refractivity contribution in [2.75, 3.05) is 11.6 Å². The van der Waals surface area contributed by atoms with Gasteiger partial charge in [0.1, 0.15) is 5.84 Å². The molecule has 11 nitrogen and oxygen atoms in total. The Balaban J connectivity index is 0.000000934. The molecule has 222 valence electrons. The first-order chi connectivity index (χ1) is 20.2. The van der Waals surface area contributed by atoms with Crippen LogP contribution in [0.25, 0.3) is 11.1 Å². The quantitative estimate of drug-likeness (QED) is 0.0955. The molecule has 0 saturated carbocycles. The lowest BCUT2D eigenvalue weighted by molar-refractivity contribution is 0.0697. The molecule has 0 spiro atoms. The third-order valence-electron chi connectivity index (χ3n) is 6.07. The number of amides is 2. The second-order valence-corrected chi connectivity index (χ2v) is 10.9. The van der Waals surface area contributed by atoms with Crippen molar-refractivity contribution < 1.29 is 32.5 Å². The number of nitrogen functional groups attached to an aromatic ring is 1. The highest BCUT2D eigenvalue weighted by atomic mass is 32.2. The molecule has 0 aliphatic rings. The van der Waals surface area contributed by atoms with Crippen molar-refractivity contribution in [3.05, 3.63) is 125 Å².